The zero-order valence-corrected chi connectivity index (χ0v) is 25.4. The van der Waals surface area contributed by atoms with Crippen LogP contribution in [0.5, 0.6) is 0 Å². The molecule has 0 aromatic heterocycles. The number of aliphatic hydroxyl groups excluding tert-OH is 1. The van der Waals surface area contributed by atoms with Crippen molar-refractivity contribution in [2.45, 2.75) is 52.4 Å². The van der Waals surface area contributed by atoms with E-state index >= 15 is 4.39 Å². The summed E-state index contributed by atoms with van der Waals surface area (Å²) in [5, 5.41) is 26.0. The predicted molar refractivity (Wildman–Crippen MR) is 171 cm³/mol. The number of amides is 2. The third-order valence-electron chi connectivity index (χ3n) is 8.10. The van der Waals surface area contributed by atoms with Gasteiger partial charge in [0.2, 0.25) is 5.91 Å². The van der Waals surface area contributed by atoms with Gasteiger partial charge in [-0.25, -0.2) is 4.39 Å². The van der Waals surface area contributed by atoms with Crippen LogP contribution in [0.3, 0.4) is 0 Å². The Labute approximate surface area is 257 Å². The molecular weight excluding hydrogens is 557 g/mol. The summed E-state index contributed by atoms with van der Waals surface area (Å²) < 4.78 is 15.3. The Kier molecular flexibility index (Phi) is 8.85. The Hall–Kier alpha value is -4.53. The van der Waals surface area contributed by atoms with Gasteiger partial charge in [-0.2, -0.15) is 0 Å². The summed E-state index contributed by atoms with van der Waals surface area (Å²) in [6, 6.07) is 24.0. The predicted octanol–water partition coefficient (Wildman–Crippen LogP) is 6.32. The largest absolute Gasteiger partial charge is 0.392 e. The van der Waals surface area contributed by atoms with Crippen LogP contribution >= 0.6 is 0 Å². The third-order valence-corrected chi connectivity index (χ3v) is 8.10. The van der Waals surface area contributed by atoms with E-state index < -0.39 is 29.3 Å². The van der Waals surface area contributed by atoms with Gasteiger partial charge in [0.05, 0.1) is 29.7 Å². The third kappa shape index (κ3) is 6.51. The number of rotatable bonds is 8. The molecule has 0 fully saturated rings. The van der Waals surface area contributed by atoms with Crippen LogP contribution in [0.2, 0.25) is 0 Å². The summed E-state index contributed by atoms with van der Waals surface area (Å²) in [5.41, 5.74) is 4.66. The van der Waals surface area contributed by atoms with E-state index in [-0.39, 0.29) is 18.1 Å². The van der Waals surface area contributed by atoms with E-state index in [2.05, 4.69) is 10.6 Å². The maximum atomic E-state index is 15.3. The minimum Gasteiger partial charge on any atom is -0.392 e. The van der Waals surface area contributed by atoms with E-state index in [1.54, 1.807) is 49.9 Å². The number of benzene rings is 4. The number of nitrogens with zero attached hydrogens (tertiary/aromatic N) is 1. The van der Waals surface area contributed by atoms with Crippen molar-refractivity contribution >= 4 is 28.9 Å². The molecule has 4 N–H and O–H groups in total. The molecule has 0 radical (unpaired) electrons. The summed E-state index contributed by atoms with van der Waals surface area (Å²) in [7, 11) is 0. The number of aliphatic hydroxyl groups is 2. The number of carbonyl (C=O) groups is 2. The molecule has 8 heteroatoms. The quantitative estimate of drug-likeness (QED) is 0.191. The van der Waals surface area contributed by atoms with Gasteiger partial charge in [-0.15, -0.1) is 0 Å². The number of carbonyl (C=O) groups excluding carboxylic acids is 2. The van der Waals surface area contributed by atoms with Crippen molar-refractivity contribution in [2.75, 3.05) is 22.1 Å². The molecule has 0 aliphatic carbocycles. The monoisotopic (exact) mass is 595 g/mol. The first-order valence-electron chi connectivity index (χ1n) is 14.7. The Balaban J connectivity index is 1.61. The van der Waals surface area contributed by atoms with Crippen LogP contribution in [-0.4, -0.2) is 34.2 Å². The molecule has 1 aliphatic rings. The summed E-state index contributed by atoms with van der Waals surface area (Å²) in [5.74, 6) is -2.15. The molecule has 4 aromatic carbocycles. The molecule has 0 saturated carbocycles. The fourth-order valence-electron chi connectivity index (χ4n) is 5.78. The van der Waals surface area contributed by atoms with Gasteiger partial charge in [-0.1, -0.05) is 48.5 Å². The highest BCUT2D eigenvalue weighted by Crippen LogP contribution is 2.44. The van der Waals surface area contributed by atoms with Crippen molar-refractivity contribution in [1.29, 1.82) is 0 Å². The maximum absolute atomic E-state index is 15.3. The minimum absolute atomic E-state index is 0.0351. The lowest BCUT2D eigenvalue weighted by Crippen LogP contribution is -2.47. The average molecular weight is 596 g/mol. The second-order valence-corrected chi connectivity index (χ2v) is 12.1. The summed E-state index contributed by atoms with van der Waals surface area (Å²) in [6.07, 6.45) is 0.360. The molecule has 4 aromatic rings. The SMILES string of the molecule is Cc1cc(NC(=O)[C@H]2Cc3ccccc3N(C(=O)c3c(C)cccc3F)C2c2ccc(NCC(C)(C)O)cc2)ccc1CO. The molecule has 2 atom stereocenters. The molecule has 1 aliphatic heterocycles. The minimum atomic E-state index is -0.913. The van der Waals surface area contributed by atoms with E-state index in [9.17, 15) is 19.8 Å². The van der Waals surface area contributed by atoms with Crippen molar-refractivity contribution < 1.29 is 24.2 Å². The van der Waals surface area contributed by atoms with Gasteiger partial charge in [0.25, 0.3) is 5.91 Å². The molecular formula is C36H38FN3O4. The van der Waals surface area contributed by atoms with Crippen LogP contribution < -0.4 is 15.5 Å². The van der Waals surface area contributed by atoms with E-state index in [0.717, 1.165) is 22.4 Å². The topological polar surface area (TPSA) is 102 Å². The van der Waals surface area contributed by atoms with Crippen LogP contribution in [0.25, 0.3) is 0 Å². The van der Waals surface area contributed by atoms with Crippen LogP contribution in [0.4, 0.5) is 21.5 Å². The van der Waals surface area contributed by atoms with Crippen LogP contribution in [-0.2, 0) is 17.8 Å². The van der Waals surface area contributed by atoms with Crippen molar-refractivity contribution in [3.8, 4) is 0 Å². The number of hydrogen-bond donors (Lipinski definition) is 4. The normalized spacial score (nSPS) is 16.3. The number of halogens is 1. The molecule has 1 unspecified atom stereocenters. The molecule has 7 nitrogen and oxygen atoms in total. The highest BCUT2D eigenvalue weighted by atomic mass is 19.1. The second-order valence-electron chi connectivity index (χ2n) is 12.1. The molecule has 5 rings (SSSR count). The maximum Gasteiger partial charge on any atom is 0.262 e. The zero-order valence-electron chi connectivity index (χ0n) is 25.4. The molecule has 0 spiro atoms. The molecule has 44 heavy (non-hydrogen) atoms. The Morgan fingerprint density at radius 3 is 2.30 bits per heavy atom. The lowest BCUT2D eigenvalue weighted by molar-refractivity contribution is -0.120. The summed E-state index contributed by atoms with van der Waals surface area (Å²) >= 11 is 0. The van der Waals surface area contributed by atoms with E-state index in [0.29, 0.717) is 35.5 Å². The fraction of sp³-hybridized carbons (Fsp3) is 0.278. The Morgan fingerprint density at radius 1 is 0.932 bits per heavy atom. The van der Waals surface area contributed by atoms with Gasteiger partial charge in [0.1, 0.15) is 5.82 Å². The standard InChI is InChI=1S/C36H38FN3O4/c1-22-8-7-10-30(37)32(22)35(43)40-31-11-6-5-9-25(31)19-29(34(42)39-28-17-14-26(20-41)23(2)18-28)33(40)24-12-15-27(16-13-24)38-21-36(3,4)44/h5-18,29,33,38,41,44H,19-21H2,1-4H3,(H,39,42)/t29-,33?/m0/s1. The van der Waals surface area contributed by atoms with Gasteiger partial charge < -0.3 is 20.8 Å². The van der Waals surface area contributed by atoms with Gasteiger partial charge in [0.15, 0.2) is 0 Å². The first-order valence-corrected chi connectivity index (χ1v) is 14.7. The first-order chi connectivity index (χ1) is 21.0. The highest BCUT2D eigenvalue weighted by Gasteiger charge is 2.43. The number of nitrogens with one attached hydrogen (secondary N) is 2. The second kappa shape index (κ2) is 12.6. The number of aryl methyl sites for hydroxylation is 2. The molecule has 0 saturated heterocycles. The van der Waals surface area contributed by atoms with Gasteiger partial charge in [-0.3, -0.25) is 14.5 Å². The van der Waals surface area contributed by atoms with Gasteiger partial charge in [0, 0.05) is 23.6 Å². The van der Waals surface area contributed by atoms with Gasteiger partial charge in [-0.05, 0) is 98.3 Å². The van der Waals surface area contributed by atoms with E-state index in [1.807, 2.05) is 61.5 Å². The summed E-state index contributed by atoms with van der Waals surface area (Å²) in [4.78, 5) is 30.1. The van der Waals surface area contributed by atoms with Crippen molar-refractivity contribution in [1.82, 2.24) is 0 Å². The first kappa shape index (κ1) is 30.9. The zero-order chi connectivity index (χ0) is 31.6. The number of fused-ring (bicyclic) bond motifs is 1. The fourth-order valence-corrected chi connectivity index (χ4v) is 5.78. The number of para-hydroxylation sites is 1. The molecule has 2 amide bonds. The average Bonchev–Trinajstić information content (AvgIpc) is 2.99. The number of hydrogen-bond acceptors (Lipinski definition) is 5. The molecule has 228 valence electrons. The summed E-state index contributed by atoms with van der Waals surface area (Å²) in [6.45, 7) is 7.22. The van der Waals surface area contributed by atoms with Crippen molar-refractivity contribution in [2.24, 2.45) is 5.92 Å². The Morgan fingerprint density at radius 2 is 1.64 bits per heavy atom. The highest BCUT2D eigenvalue weighted by molar-refractivity contribution is 6.09. The van der Waals surface area contributed by atoms with E-state index in [4.69, 9.17) is 0 Å². The Bertz CT molecular complexity index is 1660. The molecule has 0 bridgehead atoms. The van der Waals surface area contributed by atoms with Crippen LogP contribution in [0.1, 0.15) is 58.1 Å². The van der Waals surface area contributed by atoms with E-state index in [1.165, 1.54) is 6.07 Å². The number of anilines is 3. The lowest BCUT2D eigenvalue weighted by Gasteiger charge is -2.42. The van der Waals surface area contributed by atoms with Crippen molar-refractivity contribution in [3.63, 3.8) is 0 Å². The smallest absolute Gasteiger partial charge is 0.262 e. The van der Waals surface area contributed by atoms with Crippen LogP contribution in [0, 0.1) is 25.6 Å². The van der Waals surface area contributed by atoms with Crippen LogP contribution in [0.15, 0.2) is 84.9 Å². The lowest BCUT2D eigenvalue weighted by atomic mass is 9.80. The van der Waals surface area contributed by atoms with Crippen molar-refractivity contribution in [3.05, 3.63) is 124 Å². The van der Waals surface area contributed by atoms with Gasteiger partial charge >= 0.3 is 0 Å². The molecule has 1 heterocycles.